The average Bonchev–Trinajstić information content (AvgIpc) is 3.12. The normalized spacial score (nSPS) is 11.4. The van der Waals surface area contributed by atoms with Crippen molar-refractivity contribution in [1.29, 1.82) is 0 Å². The van der Waals surface area contributed by atoms with Gasteiger partial charge in [0, 0.05) is 11.5 Å². The van der Waals surface area contributed by atoms with Crippen LogP contribution in [0.15, 0.2) is 52.6 Å². The lowest BCUT2D eigenvalue weighted by Crippen LogP contribution is -2.17. The van der Waals surface area contributed by atoms with Gasteiger partial charge in [0.15, 0.2) is 11.5 Å². The first-order valence-electron chi connectivity index (χ1n) is 9.07. The van der Waals surface area contributed by atoms with Crippen LogP contribution in [0.5, 0.6) is 17.2 Å². The zero-order chi connectivity index (χ0) is 20.4. The van der Waals surface area contributed by atoms with Gasteiger partial charge in [0.2, 0.25) is 0 Å². The van der Waals surface area contributed by atoms with Gasteiger partial charge >= 0.3 is 0 Å². The second-order valence-corrected chi connectivity index (χ2v) is 6.24. The summed E-state index contributed by atoms with van der Waals surface area (Å²) >= 11 is 0. The predicted octanol–water partition coefficient (Wildman–Crippen LogP) is 3.18. The van der Waals surface area contributed by atoms with E-state index in [4.69, 9.17) is 14.2 Å². The van der Waals surface area contributed by atoms with E-state index >= 15 is 0 Å². The molecule has 4 aromatic rings. The van der Waals surface area contributed by atoms with Crippen molar-refractivity contribution in [2.45, 2.75) is 6.92 Å². The largest absolute Gasteiger partial charge is 0.497 e. The highest BCUT2D eigenvalue weighted by Crippen LogP contribution is 2.27. The summed E-state index contributed by atoms with van der Waals surface area (Å²) in [6.45, 7) is 2.45. The van der Waals surface area contributed by atoms with Crippen LogP contribution in [0.3, 0.4) is 0 Å². The van der Waals surface area contributed by atoms with Crippen LogP contribution in [0.1, 0.15) is 12.5 Å². The summed E-state index contributed by atoms with van der Waals surface area (Å²) in [5.74, 6) is 1.95. The van der Waals surface area contributed by atoms with E-state index in [2.05, 4.69) is 15.1 Å². The maximum Gasteiger partial charge on any atom is 0.298 e. The summed E-state index contributed by atoms with van der Waals surface area (Å²) in [5, 5.41) is 5.11. The summed E-state index contributed by atoms with van der Waals surface area (Å²) in [4.78, 5) is 20.4. The monoisotopic (exact) mass is 392 g/mol. The fourth-order valence-electron chi connectivity index (χ4n) is 3.11. The molecule has 0 atom stereocenters. The molecule has 0 aliphatic heterocycles. The molecule has 0 aliphatic carbocycles. The standard InChI is InChI=1S/C21H20N4O4/c1-4-29-17-8-5-13(9-18(17)28-3)11-23-25-12-22-19-15-7-6-14(27-2)10-16(15)24-20(19)21(25)26/h5-12,24H,4H2,1-3H3. The molecule has 4 rings (SSSR count). The minimum Gasteiger partial charge on any atom is -0.497 e. The molecule has 29 heavy (non-hydrogen) atoms. The molecule has 0 radical (unpaired) electrons. The summed E-state index contributed by atoms with van der Waals surface area (Å²) in [5.41, 5.74) is 2.24. The number of hydrogen-bond acceptors (Lipinski definition) is 6. The zero-order valence-electron chi connectivity index (χ0n) is 16.3. The first kappa shape index (κ1) is 18.5. The van der Waals surface area contributed by atoms with E-state index in [0.717, 1.165) is 16.5 Å². The van der Waals surface area contributed by atoms with E-state index in [1.807, 2.05) is 31.2 Å². The van der Waals surface area contributed by atoms with Crippen LogP contribution in [0.2, 0.25) is 0 Å². The Morgan fingerprint density at radius 2 is 2.00 bits per heavy atom. The molecule has 0 amide bonds. The maximum atomic E-state index is 12.8. The van der Waals surface area contributed by atoms with Crippen molar-refractivity contribution in [3.63, 3.8) is 0 Å². The summed E-state index contributed by atoms with van der Waals surface area (Å²) < 4.78 is 17.3. The van der Waals surface area contributed by atoms with Gasteiger partial charge in [-0.2, -0.15) is 9.78 Å². The van der Waals surface area contributed by atoms with E-state index in [0.29, 0.717) is 34.9 Å². The van der Waals surface area contributed by atoms with E-state index in [1.165, 1.54) is 11.0 Å². The van der Waals surface area contributed by atoms with Crippen molar-refractivity contribution in [2.24, 2.45) is 5.10 Å². The lowest BCUT2D eigenvalue weighted by atomic mass is 10.2. The molecule has 148 valence electrons. The van der Waals surface area contributed by atoms with Crippen LogP contribution in [0.25, 0.3) is 21.9 Å². The number of aromatic nitrogens is 3. The van der Waals surface area contributed by atoms with Gasteiger partial charge in [0.1, 0.15) is 23.1 Å². The maximum absolute atomic E-state index is 12.8. The molecule has 2 aromatic carbocycles. The molecule has 0 unspecified atom stereocenters. The second kappa shape index (κ2) is 7.67. The molecule has 0 bridgehead atoms. The minimum atomic E-state index is -0.292. The molecule has 2 heterocycles. The second-order valence-electron chi connectivity index (χ2n) is 6.24. The van der Waals surface area contributed by atoms with Crippen LogP contribution < -0.4 is 19.8 Å². The Labute approximate surface area is 166 Å². The SMILES string of the molecule is CCOc1ccc(C=Nn2cnc3c([nH]c4cc(OC)ccc43)c2=O)cc1OC. The molecular weight excluding hydrogens is 372 g/mol. The van der Waals surface area contributed by atoms with Crippen LogP contribution in [-0.4, -0.2) is 41.7 Å². The van der Waals surface area contributed by atoms with Crippen LogP contribution >= 0.6 is 0 Å². The first-order valence-corrected chi connectivity index (χ1v) is 9.07. The molecule has 0 saturated heterocycles. The molecule has 8 nitrogen and oxygen atoms in total. The van der Waals surface area contributed by atoms with E-state index in [1.54, 1.807) is 32.6 Å². The van der Waals surface area contributed by atoms with Crippen molar-refractivity contribution >= 4 is 28.2 Å². The molecule has 0 fully saturated rings. The first-order chi connectivity index (χ1) is 14.1. The Morgan fingerprint density at radius 1 is 1.14 bits per heavy atom. The van der Waals surface area contributed by atoms with Crippen LogP contribution in [0, 0.1) is 0 Å². The number of aromatic amines is 1. The Balaban J connectivity index is 1.72. The number of hydrogen-bond donors (Lipinski definition) is 1. The Bertz CT molecular complexity index is 1270. The third kappa shape index (κ3) is 3.40. The molecule has 0 aliphatic rings. The van der Waals surface area contributed by atoms with Gasteiger partial charge in [-0.3, -0.25) is 4.79 Å². The molecular formula is C21H20N4O4. The number of nitrogens with one attached hydrogen (secondary N) is 1. The van der Waals surface area contributed by atoms with Gasteiger partial charge in [0.25, 0.3) is 5.56 Å². The van der Waals surface area contributed by atoms with Crippen LogP contribution in [-0.2, 0) is 0 Å². The van der Waals surface area contributed by atoms with Gasteiger partial charge in [0.05, 0.1) is 32.6 Å². The minimum absolute atomic E-state index is 0.292. The number of nitrogens with zero attached hydrogens (tertiary/aromatic N) is 3. The Morgan fingerprint density at radius 3 is 2.76 bits per heavy atom. The number of rotatable bonds is 6. The third-order valence-electron chi connectivity index (χ3n) is 4.52. The number of H-pyrrole nitrogens is 1. The van der Waals surface area contributed by atoms with Gasteiger partial charge in [-0.15, -0.1) is 0 Å². The van der Waals surface area contributed by atoms with E-state index in [9.17, 15) is 4.79 Å². The lowest BCUT2D eigenvalue weighted by molar-refractivity contribution is 0.311. The zero-order valence-corrected chi connectivity index (χ0v) is 16.3. The van der Waals surface area contributed by atoms with E-state index < -0.39 is 0 Å². The van der Waals surface area contributed by atoms with Gasteiger partial charge in [-0.05, 0) is 42.8 Å². The van der Waals surface area contributed by atoms with E-state index in [-0.39, 0.29) is 5.56 Å². The fourth-order valence-corrected chi connectivity index (χ4v) is 3.11. The summed E-state index contributed by atoms with van der Waals surface area (Å²) in [6, 6.07) is 11.0. The average molecular weight is 392 g/mol. The summed E-state index contributed by atoms with van der Waals surface area (Å²) in [7, 11) is 3.17. The van der Waals surface area contributed by atoms with Crippen molar-refractivity contribution < 1.29 is 14.2 Å². The molecule has 0 saturated carbocycles. The molecule has 2 aromatic heterocycles. The van der Waals surface area contributed by atoms with Crippen LogP contribution in [0.4, 0.5) is 0 Å². The molecule has 0 spiro atoms. The highest BCUT2D eigenvalue weighted by Gasteiger charge is 2.11. The Hall–Kier alpha value is -3.81. The topological polar surface area (TPSA) is 90.7 Å². The van der Waals surface area contributed by atoms with Gasteiger partial charge < -0.3 is 19.2 Å². The smallest absolute Gasteiger partial charge is 0.298 e. The van der Waals surface area contributed by atoms with Crippen molar-refractivity contribution in [1.82, 2.24) is 14.6 Å². The van der Waals surface area contributed by atoms with Crippen molar-refractivity contribution in [3.8, 4) is 17.2 Å². The lowest BCUT2D eigenvalue weighted by Gasteiger charge is -2.09. The Kier molecular flexibility index (Phi) is 4.90. The number of fused-ring (bicyclic) bond motifs is 3. The molecule has 8 heteroatoms. The number of benzene rings is 2. The number of methoxy groups -OCH3 is 2. The molecule has 1 N–H and O–H groups in total. The van der Waals surface area contributed by atoms with Crippen molar-refractivity contribution in [3.05, 3.63) is 58.6 Å². The third-order valence-corrected chi connectivity index (χ3v) is 4.52. The van der Waals surface area contributed by atoms with Gasteiger partial charge in [-0.1, -0.05) is 0 Å². The summed E-state index contributed by atoms with van der Waals surface area (Å²) in [6.07, 6.45) is 2.98. The predicted molar refractivity (Wildman–Crippen MR) is 112 cm³/mol. The number of ether oxygens (including phenoxy) is 3. The fraction of sp³-hybridized carbons (Fsp3) is 0.190. The van der Waals surface area contributed by atoms with Crippen molar-refractivity contribution in [2.75, 3.05) is 20.8 Å². The van der Waals surface area contributed by atoms with Gasteiger partial charge in [-0.25, -0.2) is 4.98 Å². The highest BCUT2D eigenvalue weighted by molar-refractivity contribution is 6.04. The quantitative estimate of drug-likeness (QED) is 0.509. The highest BCUT2D eigenvalue weighted by atomic mass is 16.5.